The number of nitrogens with one attached hydrogen (secondary N) is 1. The first-order valence-corrected chi connectivity index (χ1v) is 8.50. The van der Waals surface area contributed by atoms with E-state index in [0.29, 0.717) is 0 Å². The van der Waals surface area contributed by atoms with E-state index in [1.807, 2.05) is 41.3 Å². The average molecular weight is 308 g/mol. The van der Waals surface area contributed by atoms with Gasteiger partial charge < -0.3 is 10.2 Å². The molecule has 0 radical (unpaired) electrons. The van der Waals surface area contributed by atoms with Gasteiger partial charge in [-0.1, -0.05) is 73.5 Å². The largest absolute Gasteiger partial charge is 0.327 e. The molecular weight excluding hydrogens is 284 g/mol. The smallest absolute Gasteiger partial charge is 0.318 e. The second kappa shape index (κ2) is 7.82. The zero-order chi connectivity index (χ0) is 15.9. The number of hydrogen-bond donors (Lipinski definition) is 1. The van der Waals surface area contributed by atoms with Crippen molar-refractivity contribution >= 4 is 6.03 Å². The molecule has 1 heterocycles. The van der Waals surface area contributed by atoms with Gasteiger partial charge in [-0.3, -0.25) is 0 Å². The minimum atomic E-state index is -0.104. The summed E-state index contributed by atoms with van der Waals surface area (Å²) in [6.07, 6.45) is 4.67. The summed E-state index contributed by atoms with van der Waals surface area (Å²) < 4.78 is 0. The van der Waals surface area contributed by atoms with Crippen LogP contribution < -0.4 is 5.32 Å². The molecule has 1 N–H and O–H groups in total. The summed E-state index contributed by atoms with van der Waals surface area (Å²) in [6.45, 7) is 1.73. The molecule has 0 atom stereocenters. The van der Waals surface area contributed by atoms with Crippen molar-refractivity contribution in [1.29, 1.82) is 0 Å². The first-order valence-electron chi connectivity index (χ1n) is 8.50. The molecule has 120 valence electrons. The number of hydrogen-bond acceptors (Lipinski definition) is 1. The van der Waals surface area contributed by atoms with E-state index in [1.165, 1.54) is 12.8 Å². The standard InChI is InChI=1S/C20H24N2O/c23-20(22-15-9-1-2-10-16-22)21-19(17-11-5-3-6-12-17)18-13-7-4-8-14-18/h3-8,11-14,19H,1-2,9-10,15-16H2,(H,21,23). The van der Waals surface area contributed by atoms with E-state index in [4.69, 9.17) is 0 Å². The Morgan fingerprint density at radius 2 is 1.26 bits per heavy atom. The quantitative estimate of drug-likeness (QED) is 0.897. The molecule has 3 nitrogen and oxygen atoms in total. The van der Waals surface area contributed by atoms with Crippen molar-refractivity contribution in [1.82, 2.24) is 10.2 Å². The maximum atomic E-state index is 12.7. The van der Waals surface area contributed by atoms with Crippen LogP contribution in [0, 0.1) is 0 Å². The summed E-state index contributed by atoms with van der Waals surface area (Å²) in [5, 5.41) is 3.23. The van der Waals surface area contributed by atoms with Crippen molar-refractivity contribution in [3.05, 3.63) is 71.8 Å². The number of rotatable bonds is 3. The lowest BCUT2D eigenvalue weighted by molar-refractivity contribution is 0.197. The third kappa shape index (κ3) is 4.13. The van der Waals surface area contributed by atoms with Gasteiger partial charge in [0.1, 0.15) is 0 Å². The van der Waals surface area contributed by atoms with Gasteiger partial charge in [0.25, 0.3) is 0 Å². The van der Waals surface area contributed by atoms with Crippen molar-refractivity contribution in [3.8, 4) is 0 Å². The molecule has 0 aliphatic carbocycles. The molecule has 2 aromatic carbocycles. The van der Waals surface area contributed by atoms with Gasteiger partial charge in [0.15, 0.2) is 0 Å². The fraction of sp³-hybridized carbons (Fsp3) is 0.350. The van der Waals surface area contributed by atoms with Crippen LogP contribution in [-0.2, 0) is 0 Å². The molecule has 0 unspecified atom stereocenters. The summed E-state index contributed by atoms with van der Waals surface area (Å²) in [6, 6.07) is 20.3. The molecule has 23 heavy (non-hydrogen) atoms. The minimum absolute atomic E-state index is 0.0459. The predicted octanol–water partition coefficient (Wildman–Crippen LogP) is 4.36. The van der Waals surface area contributed by atoms with Crippen molar-refractivity contribution in [3.63, 3.8) is 0 Å². The van der Waals surface area contributed by atoms with Crippen LogP contribution in [0.2, 0.25) is 0 Å². The van der Waals surface area contributed by atoms with E-state index < -0.39 is 0 Å². The normalized spacial score (nSPS) is 15.3. The molecule has 0 aromatic heterocycles. The fourth-order valence-electron chi connectivity index (χ4n) is 3.14. The highest BCUT2D eigenvalue weighted by Gasteiger charge is 2.21. The van der Waals surface area contributed by atoms with Crippen molar-refractivity contribution < 1.29 is 4.79 Å². The number of nitrogens with zero attached hydrogens (tertiary/aromatic N) is 1. The number of carbonyl (C=O) groups is 1. The Kier molecular flexibility index (Phi) is 5.30. The van der Waals surface area contributed by atoms with Gasteiger partial charge in [-0.2, -0.15) is 0 Å². The van der Waals surface area contributed by atoms with Crippen molar-refractivity contribution in [2.24, 2.45) is 0 Å². The lowest BCUT2D eigenvalue weighted by atomic mass is 9.99. The number of urea groups is 1. The lowest BCUT2D eigenvalue weighted by Crippen LogP contribution is -2.42. The minimum Gasteiger partial charge on any atom is -0.327 e. The average Bonchev–Trinajstić information content (AvgIpc) is 2.90. The second-order valence-corrected chi connectivity index (χ2v) is 6.11. The second-order valence-electron chi connectivity index (χ2n) is 6.11. The van der Waals surface area contributed by atoms with Crippen LogP contribution in [0.1, 0.15) is 42.9 Å². The molecular formula is C20H24N2O. The van der Waals surface area contributed by atoms with Crippen LogP contribution in [0.15, 0.2) is 60.7 Å². The molecule has 0 spiro atoms. The third-order valence-corrected chi connectivity index (χ3v) is 4.43. The molecule has 2 aromatic rings. The van der Waals surface area contributed by atoms with Gasteiger partial charge in [0.05, 0.1) is 6.04 Å². The van der Waals surface area contributed by atoms with Crippen LogP contribution in [0.4, 0.5) is 4.79 Å². The van der Waals surface area contributed by atoms with E-state index in [1.54, 1.807) is 0 Å². The van der Waals surface area contributed by atoms with E-state index in [9.17, 15) is 4.79 Å². The van der Waals surface area contributed by atoms with Gasteiger partial charge in [0.2, 0.25) is 0 Å². The molecule has 3 heteroatoms. The maximum absolute atomic E-state index is 12.7. The van der Waals surface area contributed by atoms with Crippen LogP contribution in [0.3, 0.4) is 0 Å². The van der Waals surface area contributed by atoms with Gasteiger partial charge in [-0.15, -0.1) is 0 Å². The first-order chi connectivity index (χ1) is 11.3. The fourth-order valence-corrected chi connectivity index (χ4v) is 3.14. The van der Waals surface area contributed by atoms with Crippen LogP contribution in [0.25, 0.3) is 0 Å². The Hall–Kier alpha value is -2.29. The van der Waals surface area contributed by atoms with Crippen LogP contribution >= 0.6 is 0 Å². The number of likely N-dealkylation sites (tertiary alicyclic amines) is 1. The highest BCUT2D eigenvalue weighted by Crippen LogP contribution is 2.22. The number of carbonyl (C=O) groups excluding carboxylic acids is 1. The third-order valence-electron chi connectivity index (χ3n) is 4.43. The molecule has 2 amide bonds. The first kappa shape index (κ1) is 15.6. The topological polar surface area (TPSA) is 32.3 Å². The molecule has 3 rings (SSSR count). The Bertz CT molecular complexity index is 565. The molecule has 1 fully saturated rings. The van der Waals surface area contributed by atoms with Crippen LogP contribution in [0.5, 0.6) is 0 Å². The lowest BCUT2D eigenvalue weighted by Gasteiger charge is -2.26. The highest BCUT2D eigenvalue weighted by molar-refractivity contribution is 5.75. The highest BCUT2D eigenvalue weighted by atomic mass is 16.2. The van der Waals surface area contributed by atoms with Crippen LogP contribution in [-0.4, -0.2) is 24.0 Å². The van der Waals surface area contributed by atoms with E-state index in [-0.39, 0.29) is 12.1 Å². The van der Waals surface area contributed by atoms with Gasteiger partial charge in [-0.05, 0) is 24.0 Å². The zero-order valence-corrected chi connectivity index (χ0v) is 13.4. The van der Waals surface area contributed by atoms with Gasteiger partial charge in [-0.25, -0.2) is 4.79 Å². The summed E-state index contributed by atoms with van der Waals surface area (Å²) in [5.74, 6) is 0. The van der Waals surface area contributed by atoms with Crippen molar-refractivity contribution in [2.75, 3.05) is 13.1 Å². The zero-order valence-electron chi connectivity index (χ0n) is 13.4. The molecule has 1 saturated heterocycles. The summed E-state index contributed by atoms with van der Waals surface area (Å²) >= 11 is 0. The molecule has 1 aliphatic rings. The van der Waals surface area contributed by atoms with E-state index >= 15 is 0 Å². The maximum Gasteiger partial charge on any atom is 0.318 e. The predicted molar refractivity (Wildman–Crippen MR) is 93.3 cm³/mol. The van der Waals surface area contributed by atoms with E-state index in [2.05, 4.69) is 29.6 Å². The van der Waals surface area contributed by atoms with E-state index in [0.717, 1.165) is 37.1 Å². The Balaban J connectivity index is 1.80. The monoisotopic (exact) mass is 308 g/mol. The molecule has 0 bridgehead atoms. The summed E-state index contributed by atoms with van der Waals surface area (Å²) in [7, 11) is 0. The molecule has 0 saturated carbocycles. The SMILES string of the molecule is O=C(NC(c1ccccc1)c1ccccc1)N1CCCCCC1. The van der Waals surface area contributed by atoms with Gasteiger partial charge in [0, 0.05) is 13.1 Å². The summed E-state index contributed by atoms with van der Waals surface area (Å²) in [5.41, 5.74) is 2.23. The van der Waals surface area contributed by atoms with Gasteiger partial charge >= 0.3 is 6.03 Å². The number of amides is 2. The Morgan fingerprint density at radius 1 is 0.783 bits per heavy atom. The van der Waals surface area contributed by atoms with Crippen molar-refractivity contribution in [2.45, 2.75) is 31.7 Å². The Labute approximate surface area is 138 Å². The number of benzene rings is 2. The summed E-state index contributed by atoms with van der Waals surface area (Å²) in [4.78, 5) is 14.7. The Morgan fingerprint density at radius 3 is 1.74 bits per heavy atom. The molecule has 1 aliphatic heterocycles.